The summed E-state index contributed by atoms with van der Waals surface area (Å²) < 4.78 is 0. The molecule has 0 aromatic heterocycles. The molecule has 1 heteroatoms. The predicted molar refractivity (Wildman–Crippen MR) is 101 cm³/mol. The Labute approximate surface area is 140 Å². The molecule has 0 atom stereocenters. The molecule has 1 aliphatic carbocycles. The topological polar surface area (TPSA) is 3.24 Å². The normalized spacial score (nSPS) is 15.1. The van der Waals surface area contributed by atoms with Crippen LogP contribution in [0.1, 0.15) is 37.0 Å². The summed E-state index contributed by atoms with van der Waals surface area (Å²) in [6, 6.07) is 19.4. The van der Waals surface area contributed by atoms with Gasteiger partial charge in [0.2, 0.25) is 0 Å². The lowest BCUT2D eigenvalue weighted by atomic mass is 10.0. The first kappa shape index (κ1) is 15.8. The third-order valence-corrected chi connectivity index (χ3v) is 4.63. The van der Waals surface area contributed by atoms with Crippen LogP contribution in [0.4, 0.5) is 0 Å². The van der Waals surface area contributed by atoms with E-state index in [1.165, 1.54) is 27.8 Å². The van der Waals surface area contributed by atoms with Crippen molar-refractivity contribution in [3.8, 4) is 0 Å². The summed E-state index contributed by atoms with van der Waals surface area (Å²) in [5, 5.41) is 0. The van der Waals surface area contributed by atoms with Crippen LogP contribution in [0.5, 0.6) is 0 Å². The van der Waals surface area contributed by atoms with Crippen molar-refractivity contribution in [3.63, 3.8) is 0 Å². The van der Waals surface area contributed by atoms with Crippen LogP contribution in [0.15, 0.2) is 60.7 Å². The molecule has 0 saturated heterocycles. The number of rotatable bonds is 6. The van der Waals surface area contributed by atoms with E-state index in [0.717, 1.165) is 26.1 Å². The first-order valence-electron chi connectivity index (χ1n) is 8.61. The van der Waals surface area contributed by atoms with Gasteiger partial charge in [0, 0.05) is 6.54 Å². The fourth-order valence-electron chi connectivity index (χ4n) is 3.23. The molecule has 0 bridgehead atoms. The highest BCUT2D eigenvalue weighted by Gasteiger charge is 2.17. The minimum Gasteiger partial charge on any atom is -0.304 e. The lowest BCUT2D eigenvalue weighted by Gasteiger charge is -2.18. The molecule has 0 radical (unpaired) electrons. The van der Waals surface area contributed by atoms with Gasteiger partial charge in [0.05, 0.1) is 0 Å². The molecule has 118 valence electrons. The standard InChI is InChI=1S/C22H25N/c1-3-23(4-2)15-14-19-17-20(16-18-10-6-5-7-11-18)22-13-9-8-12-21(19)22/h5-13,16-17H,3-4,14-15H2,1-2H3/b20-16-. The molecule has 3 rings (SSSR count). The van der Waals surface area contributed by atoms with Crippen molar-refractivity contribution in [3.05, 3.63) is 77.4 Å². The van der Waals surface area contributed by atoms with E-state index in [2.05, 4.69) is 85.5 Å². The molecule has 0 N–H and O–H groups in total. The fourth-order valence-corrected chi connectivity index (χ4v) is 3.23. The zero-order valence-electron chi connectivity index (χ0n) is 14.1. The van der Waals surface area contributed by atoms with Gasteiger partial charge in [-0.2, -0.15) is 0 Å². The van der Waals surface area contributed by atoms with E-state index in [9.17, 15) is 0 Å². The summed E-state index contributed by atoms with van der Waals surface area (Å²) in [7, 11) is 0. The van der Waals surface area contributed by atoms with Crippen LogP contribution in [-0.4, -0.2) is 24.5 Å². The number of hydrogen-bond acceptors (Lipinski definition) is 1. The molecule has 2 aromatic carbocycles. The van der Waals surface area contributed by atoms with Gasteiger partial charge in [0.25, 0.3) is 0 Å². The second-order valence-corrected chi connectivity index (χ2v) is 6.00. The van der Waals surface area contributed by atoms with Crippen LogP contribution in [0.2, 0.25) is 0 Å². The van der Waals surface area contributed by atoms with Gasteiger partial charge in [-0.05, 0) is 53.4 Å². The molecule has 0 unspecified atom stereocenters. The highest BCUT2D eigenvalue weighted by Crippen LogP contribution is 2.37. The Morgan fingerprint density at radius 3 is 2.17 bits per heavy atom. The summed E-state index contributed by atoms with van der Waals surface area (Å²) in [6.07, 6.45) is 5.79. The predicted octanol–water partition coefficient (Wildman–Crippen LogP) is 5.36. The Morgan fingerprint density at radius 1 is 0.826 bits per heavy atom. The Hall–Kier alpha value is -2.12. The van der Waals surface area contributed by atoms with Crippen molar-refractivity contribution >= 4 is 17.2 Å². The summed E-state index contributed by atoms with van der Waals surface area (Å²) >= 11 is 0. The number of allylic oxidation sites excluding steroid dienone is 2. The minimum atomic E-state index is 1.12. The van der Waals surface area contributed by atoms with E-state index in [1.807, 2.05) is 0 Å². The zero-order valence-corrected chi connectivity index (χ0v) is 14.1. The molecule has 0 fully saturated rings. The molecule has 0 amide bonds. The van der Waals surface area contributed by atoms with Gasteiger partial charge in [0.1, 0.15) is 0 Å². The van der Waals surface area contributed by atoms with Gasteiger partial charge in [-0.1, -0.05) is 74.5 Å². The first-order chi connectivity index (χ1) is 11.3. The maximum absolute atomic E-state index is 2.49. The summed E-state index contributed by atoms with van der Waals surface area (Å²) in [4.78, 5) is 2.49. The van der Waals surface area contributed by atoms with Crippen LogP contribution in [0, 0.1) is 0 Å². The lowest BCUT2D eigenvalue weighted by molar-refractivity contribution is 0.312. The second-order valence-electron chi connectivity index (χ2n) is 6.00. The average molecular weight is 303 g/mol. The highest BCUT2D eigenvalue weighted by atomic mass is 15.1. The van der Waals surface area contributed by atoms with Crippen LogP contribution in [0.3, 0.4) is 0 Å². The van der Waals surface area contributed by atoms with Crippen molar-refractivity contribution < 1.29 is 0 Å². The van der Waals surface area contributed by atoms with Crippen molar-refractivity contribution in [2.24, 2.45) is 0 Å². The SMILES string of the molecule is CCN(CC)CCC1=C/C(=C/c2ccccc2)c2ccccc21. The van der Waals surface area contributed by atoms with Gasteiger partial charge in [-0.15, -0.1) is 0 Å². The van der Waals surface area contributed by atoms with E-state index >= 15 is 0 Å². The van der Waals surface area contributed by atoms with Crippen molar-refractivity contribution in [1.82, 2.24) is 4.90 Å². The van der Waals surface area contributed by atoms with Crippen molar-refractivity contribution in [1.29, 1.82) is 0 Å². The smallest absolute Gasteiger partial charge is 0.00218 e. The van der Waals surface area contributed by atoms with Gasteiger partial charge in [0.15, 0.2) is 0 Å². The highest BCUT2D eigenvalue weighted by molar-refractivity contribution is 6.01. The number of benzene rings is 2. The van der Waals surface area contributed by atoms with E-state index in [0.29, 0.717) is 0 Å². The average Bonchev–Trinajstić information content (AvgIpc) is 2.95. The first-order valence-corrected chi connectivity index (χ1v) is 8.61. The largest absolute Gasteiger partial charge is 0.304 e. The van der Waals surface area contributed by atoms with Crippen LogP contribution < -0.4 is 0 Å². The maximum atomic E-state index is 2.49. The minimum absolute atomic E-state index is 1.12. The molecule has 0 heterocycles. The third-order valence-electron chi connectivity index (χ3n) is 4.63. The van der Waals surface area contributed by atoms with Crippen LogP contribution >= 0.6 is 0 Å². The van der Waals surface area contributed by atoms with Crippen molar-refractivity contribution in [2.75, 3.05) is 19.6 Å². The van der Waals surface area contributed by atoms with Gasteiger partial charge in [-0.3, -0.25) is 0 Å². The van der Waals surface area contributed by atoms with Crippen LogP contribution in [-0.2, 0) is 0 Å². The van der Waals surface area contributed by atoms with Crippen molar-refractivity contribution in [2.45, 2.75) is 20.3 Å². The third kappa shape index (κ3) is 3.62. The molecule has 0 saturated carbocycles. The molecule has 23 heavy (non-hydrogen) atoms. The van der Waals surface area contributed by atoms with Gasteiger partial charge >= 0.3 is 0 Å². The summed E-state index contributed by atoms with van der Waals surface area (Å²) in [5.74, 6) is 0. The van der Waals surface area contributed by atoms with E-state index in [4.69, 9.17) is 0 Å². The molecule has 0 aliphatic heterocycles. The Balaban J connectivity index is 1.88. The maximum Gasteiger partial charge on any atom is 0.00218 e. The van der Waals surface area contributed by atoms with Gasteiger partial charge in [-0.25, -0.2) is 0 Å². The van der Waals surface area contributed by atoms with Gasteiger partial charge < -0.3 is 4.90 Å². The lowest BCUT2D eigenvalue weighted by Crippen LogP contribution is -2.24. The molecular weight excluding hydrogens is 278 g/mol. The van der Waals surface area contributed by atoms with Crippen LogP contribution in [0.25, 0.3) is 17.2 Å². The van der Waals surface area contributed by atoms with E-state index < -0.39 is 0 Å². The molecule has 1 nitrogen and oxygen atoms in total. The molecule has 2 aromatic rings. The second kappa shape index (κ2) is 7.43. The summed E-state index contributed by atoms with van der Waals surface area (Å²) in [5.41, 5.74) is 6.84. The zero-order chi connectivity index (χ0) is 16.1. The molecular formula is C22H25N. The van der Waals surface area contributed by atoms with E-state index in [1.54, 1.807) is 0 Å². The Bertz CT molecular complexity index is 706. The van der Waals surface area contributed by atoms with E-state index in [-0.39, 0.29) is 0 Å². The quantitative estimate of drug-likeness (QED) is 0.694. The molecule has 1 aliphatic rings. The Morgan fingerprint density at radius 2 is 1.48 bits per heavy atom. The molecule has 0 spiro atoms. The monoisotopic (exact) mass is 303 g/mol. The number of fused-ring (bicyclic) bond motifs is 1. The summed E-state index contributed by atoms with van der Waals surface area (Å²) in [6.45, 7) is 7.85. The fraction of sp³-hybridized carbons (Fsp3) is 0.273. The Kier molecular flexibility index (Phi) is 5.09. The number of hydrogen-bond donors (Lipinski definition) is 0. The number of nitrogens with zero attached hydrogens (tertiary/aromatic N) is 1.